The zero-order valence-corrected chi connectivity index (χ0v) is 21.2. The molecule has 0 bridgehead atoms. The van der Waals surface area contributed by atoms with E-state index in [4.69, 9.17) is 9.84 Å². The molecule has 204 valence electrons. The van der Waals surface area contributed by atoms with E-state index in [1.807, 2.05) is 18.2 Å². The van der Waals surface area contributed by atoms with Gasteiger partial charge in [-0.15, -0.1) is 0 Å². The van der Waals surface area contributed by atoms with Crippen LogP contribution in [0.3, 0.4) is 0 Å². The van der Waals surface area contributed by atoms with Crippen LogP contribution in [0.2, 0.25) is 0 Å². The van der Waals surface area contributed by atoms with Crippen LogP contribution in [0, 0.1) is 5.92 Å². The van der Waals surface area contributed by atoms with Gasteiger partial charge in [0.2, 0.25) is 0 Å². The number of nitrogens with one attached hydrogen (secondary N) is 1. The lowest BCUT2D eigenvalue weighted by Crippen LogP contribution is -2.40. The van der Waals surface area contributed by atoms with E-state index in [2.05, 4.69) is 29.6 Å². The van der Waals surface area contributed by atoms with Crippen LogP contribution in [0.15, 0.2) is 66.7 Å². The van der Waals surface area contributed by atoms with Gasteiger partial charge in [-0.25, -0.2) is 4.79 Å². The lowest BCUT2D eigenvalue weighted by Gasteiger charge is -2.30. The van der Waals surface area contributed by atoms with E-state index in [1.54, 1.807) is 0 Å². The number of rotatable bonds is 5. The smallest absolute Gasteiger partial charge is 0.416 e. The largest absolute Gasteiger partial charge is 0.490 e. The SMILES string of the molecule is O=C(O)CC1CCC(c2ccc(-c3ccc4c(c3)OCCN4C(=O)Nc3ccc(C(F)(F)F)cc3)cc2)CC1. The molecule has 0 radical (unpaired) electrons. The minimum absolute atomic E-state index is 0.250. The topological polar surface area (TPSA) is 78.9 Å². The minimum atomic E-state index is -4.44. The Morgan fingerprint density at radius 1 is 0.923 bits per heavy atom. The molecule has 9 heteroatoms. The van der Waals surface area contributed by atoms with E-state index in [0.717, 1.165) is 48.9 Å². The maximum absolute atomic E-state index is 12.9. The molecular formula is C30H29F3N2O4. The number of nitrogens with zero attached hydrogens (tertiary/aromatic N) is 1. The molecule has 3 aromatic rings. The first kappa shape index (κ1) is 26.6. The number of fused-ring (bicyclic) bond motifs is 1. The van der Waals surface area contributed by atoms with E-state index in [-0.39, 0.29) is 18.0 Å². The Balaban J connectivity index is 1.25. The van der Waals surface area contributed by atoms with Gasteiger partial charge in [0.25, 0.3) is 0 Å². The van der Waals surface area contributed by atoms with Crippen LogP contribution in [0.1, 0.15) is 49.1 Å². The van der Waals surface area contributed by atoms with Crippen molar-refractivity contribution in [2.45, 2.75) is 44.2 Å². The standard InChI is InChI=1S/C30H29F3N2O4/c31-30(32,33)24-10-12-25(13-11-24)34-29(38)35-15-16-39-27-18-23(9-14-26(27)35)22-7-5-21(6-8-22)20-3-1-19(2-4-20)17-28(36)37/h5-14,18-20H,1-4,15-17H2,(H,34,38)(H,36,37). The summed E-state index contributed by atoms with van der Waals surface area (Å²) in [6.07, 6.45) is -0.330. The molecule has 0 unspecified atom stereocenters. The van der Waals surface area contributed by atoms with E-state index in [1.165, 1.54) is 22.6 Å². The van der Waals surface area contributed by atoms with Crippen molar-refractivity contribution in [1.29, 1.82) is 0 Å². The number of carboxylic acid groups (broad SMARTS) is 1. The predicted molar refractivity (Wildman–Crippen MR) is 142 cm³/mol. The third-order valence-corrected chi connectivity index (χ3v) is 7.56. The summed E-state index contributed by atoms with van der Waals surface area (Å²) in [4.78, 5) is 25.4. The monoisotopic (exact) mass is 538 g/mol. The van der Waals surface area contributed by atoms with Crippen molar-refractivity contribution in [1.82, 2.24) is 0 Å². The first-order valence-electron chi connectivity index (χ1n) is 13.0. The summed E-state index contributed by atoms with van der Waals surface area (Å²) < 4.78 is 44.3. The molecule has 5 rings (SSSR count). The highest BCUT2D eigenvalue weighted by atomic mass is 19.4. The number of anilines is 2. The quantitative estimate of drug-likeness (QED) is 0.352. The Morgan fingerprint density at radius 2 is 1.59 bits per heavy atom. The zero-order chi connectivity index (χ0) is 27.6. The van der Waals surface area contributed by atoms with Crippen LogP contribution >= 0.6 is 0 Å². The van der Waals surface area contributed by atoms with Gasteiger partial charge in [-0.05, 0) is 90.6 Å². The Bertz CT molecular complexity index is 1330. The number of ether oxygens (including phenoxy) is 1. The minimum Gasteiger partial charge on any atom is -0.490 e. The molecule has 39 heavy (non-hydrogen) atoms. The third-order valence-electron chi connectivity index (χ3n) is 7.56. The number of alkyl halides is 3. The highest BCUT2D eigenvalue weighted by Gasteiger charge is 2.30. The van der Waals surface area contributed by atoms with Crippen LogP contribution in [-0.2, 0) is 11.0 Å². The fraction of sp³-hybridized carbons (Fsp3) is 0.333. The van der Waals surface area contributed by atoms with Crippen LogP contribution in [0.5, 0.6) is 5.75 Å². The number of benzene rings is 3. The summed E-state index contributed by atoms with van der Waals surface area (Å²) in [7, 11) is 0. The van der Waals surface area contributed by atoms with Gasteiger partial charge in [-0.1, -0.05) is 30.3 Å². The molecule has 1 fully saturated rings. The number of carbonyl (C=O) groups excluding carboxylic acids is 1. The molecule has 1 aliphatic heterocycles. The molecule has 1 saturated carbocycles. The molecule has 1 heterocycles. The van der Waals surface area contributed by atoms with Crippen LogP contribution < -0.4 is 15.0 Å². The van der Waals surface area contributed by atoms with Gasteiger partial charge in [0.15, 0.2) is 0 Å². The van der Waals surface area contributed by atoms with Crippen molar-refractivity contribution in [2.75, 3.05) is 23.4 Å². The highest BCUT2D eigenvalue weighted by molar-refractivity contribution is 6.03. The molecule has 1 aliphatic carbocycles. The van der Waals surface area contributed by atoms with Crippen LogP contribution in [-0.4, -0.2) is 30.3 Å². The number of aliphatic carboxylic acids is 1. The summed E-state index contributed by atoms with van der Waals surface area (Å²) in [6.45, 7) is 0.600. The molecule has 0 atom stereocenters. The molecule has 2 aliphatic rings. The van der Waals surface area contributed by atoms with Crippen LogP contribution in [0.25, 0.3) is 11.1 Å². The third kappa shape index (κ3) is 6.19. The number of hydrogen-bond donors (Lipinski definition) is 2. The first-order chi connectivity index (χ1) is 18.7. The summed E-state index contributed by atoms with van der Waals surface area (Å²) in [5.74, 6) is 0.541. The van der Waals surface area contributed by atoms with Gasteiger partial charge in [0.1, 0.15) is 12.4 Å². The van der Waals surface area contributed by atoms with Crippen LogP contribution in [0.4, 0.5) is 29.3 Å². The second-order valence-electron chi connectivity index (χ2n) is 10.1. The Morgan fingerprint density at radius 3 is 2.23 bits per heavy atom. The molecular weight excluding hydrogens is 509 g/mol. The molecule has 3 aromatic carbocycles. The van der Waals surface area contributed by atoms with Crippen molar-refractivity contribution >= 4 is 23.4 Å². The molecule has 2 amide bonds. The van der Waals surface area contributed by atoms with Gasteiger partial charge < -0.3 is 15.2 Å². The Labute approximate surface area is 224 Å². The van der Waals surface area contributed by atoms with E-state index < -0.39 is 23.7 Å². The van der Waals surface area contributed by atoms with Gasteiger partial charge in [0, 0.05) is 12.1 Å². The molecule has 2 N–H and O–H groups in total. The number of carboxylic acids is 1. The fourth-order valence-corrected chi connectivity index (χ4v) is 5.44. The number of hydrogen-bond acceptors (Lipinski definition) is 3. The first-order valence-corrected chi connectivity index (χ1v) is 13.0. The van der Waals surface area contributed by atoms with E-state index in [0.29, 0.717) is 30.5 Å². The zero-order valence-electron chi connectivity index (χ0n) is 21.2. The number of carbonyl (C=O) groups is 2. The molecule has 0 spiro atoms. The maximum Gasteiger partial charge on any atom is 0.416 e. The van der Waals surface area contributed by atoms with Crippen molar-refractivity contribution < 1.29 is 32.6 Å². The van der Waals surface area contributed by atoms with Gasteiger partial charge in [0.05, 0.1) is 17.8 Å². The van der Waals surface area contributed by atoms with Crippen molar-refractivity contribution in [2.24, 2.45) is 5.92 Å². The van der Waals surface area contributed by atoms with Crippen molar-refractivity contribution in [3.63, 3.8) is 0 Å². The second kappa shape index (κ2) is 11.0. The normalized spacial score (nSPS) is 19.1. The van der Waals surface area contributed by atoms with Gasteiger partial charge in [-0.2, -0.15) is 13.2 Å². The average Bonchev–Trinajstić information content (AvgIpc) is 2.92. The number of urea groups is 1. The van der Waals surface area contributed by atoms with Crippen molar-refractivity contribution in [3.05, 3.63) is 77.9 Å². The molecule has 0 aromatic heterocycles. The summed E-state index contributed by atoms with van der Waals surface area (Å²) in [6, 6.07) is 17.9. The predicted octanol–water partition coefficient (Wildman–Crippen LogP) is 7.55. The summed E-state index contributed by atoms with van der Waals surface area (Å²) >= 11 is 0. The van der Waals surface area contributed by atoms with E-state index >= 15 is 0 Å². The van der Waals surface area contributed by atoms with Gasteiger partial charge >= 0.3 is 18.2 Å². The lowest BCUT2D eigenvalue weighted by atomic mass is 9.77. The average molecular weight is 539 g/mol. The molecule has 0 saturated heterocycles. The Kier molecular flexibility index (Phi) is 7.50. The Hall–Kier alpha value is -4.01. The van der Waals surface area contributed by atoms with Gasteiger partial charge in [-0.3, -0.25) is 9.69 Å². The number of amides is 2. The maximum atomic E-state index is 12.9. The molecule has 6 nitrogen and oxygen atoms in total. The van der Waals surface area contributed by atoms with Crippen molar-refractivity contribution in [3.8, 4) is 16.9 Å². The lowest BCUT2D eigenvalue weighted by molar-refractivity contribution is -0.139. The summed E-state index contributed by atoms with van der Waals surface area (Å²) in [5, 5.41) is 11.7. The number of halogens is 3. The highest BCUT2D eigenvalue weighted by Crippen LogP contribution is 2.39. The summed E-state index contributed by atoms with van der Waals surface area (Å²) in [5.41, 5.74) is 3.29. The second-order valence-corrected chi connectivity index (χ2v) is 10.1. The fourth-order valence-electron chi connectivity index (χ4n) is 5.44. The van der Waals surface area contributed by atoms with E-state index in [9.17, 15) is 22.8 Å².